The molecule has 0 aliphatic carbocycles. The number of aryl methyl sites for hydroxylation is 1. The second kappa shape index (κ2) is 9.58. The van der Waals surface area contributed by atoms with E-state index in [1.807, 2.05) is 31.2 Å². The van der Waals surface area contributed by atoms with Crippen LogP contribution in [0.3, 0.4) is 0 Å². The van der Waals surface area contributed by atoms with E-state index < -0.39 is 19.9 Å². The monoisotopic (exact) mass is 568 g/mol. The molecule has 10 heteroatoms. The minimum absolute atomic E-state index is 0.00799. The Balaban J connectivity index is 1.65. The largest absolute Gasteiger partial charge is 0.305 e. The Morgan fingerprint density at radius 1 is 0.800 bits per heavy atom. The summed E-state index contributed by atoms with van der Waals surface area (Å²) in [6, 6.07) is 25.6. The topological polar surface area (TPSA) is 111 Å². The second-order valence-corrected chi connectivity index (χ2v) is 13.0. The molecule has 0 amide bonds. The van der Waals surface area contributed by atoms with Crippen molar-refractivity contribution in [1.82, 2.24) is 14.5 Å². The number of nitrogens with zero attached hydrogens (tertiary/aromatic N) is 3. The van der Waals surface area contributed by atoms with E-state index in [2.05, 4.69) is 16.3 Å². The van der Waals surface area contributed by atoms with E-state index in [1.54, 1.807) is 54.6 Å². The Hall–Kier alpha value is -4.54. The highest BCUT2D eigenvalue weighted by Gasteiger charge is 2.33. The lowest BCUT2D eigenvalue weighted by Gasteiger charge is -2.14. The molecule has 0 unspecified atom stereocenters. The average Bonchev–Trinajstić information content (AvgIpc) is 3.23. The third-order valence-electron chi connectivity index (χ3n) is 6.68. The molecular formula is C30H24N4O4S2. The van der Waals surface area contributed by atoms with E-state index in [1.165, 1.54) is 22.8 Å². The predicted octanol–water partition coefficient (Wildman–Crippen LogP) is 5.87. The number of sulfone groups is 1. The van der Waals surface area contributed by atoms with Crippen molar-refractivity contribution in [3.05, 3.63) is 109 Å². The number of anilines is 1. The Morgan fingerprint density at radius 3 is 2.12 bits per heavy atom. The molecule has 2 aromatic heterocycles. The second-order valence-electron chi connectivity index (χ2n) is 9.39. The molecule has 6 rings (SSSR count). The van der Waals surface area contributed by atoms with Crippen molar-refractivity contribution in [2.75, 3.05) is 4.72 Å². The van der Waals surface area contributed by atoms with Gasteiger partial charge in [0.05, 0.1) is 20.8 Å². The van der Waals surface area contributed by atoms with E-state index in [9.17, 15) is 16.8 Å². The van der Waals surface area contributed by atoms with Crippen LogP contribution in [0.4, 0.5) is 5.82 Å². The average molecular weight is 569 g/mol. The summed E-state index contributed by atoms with van der Waals surface area (Å²) >= 11 is 0. The molecule has 200 valence electrons. The molecule has 4 aromatic carbocycles. The van der Waals surface area contributed by atoms with E-state index in [4.69, 9.17) is 4.98 Å². The lowest BCUT2D eigenvalue weighted by Crippen LogP contribution is -2.18. The van der Waals surface area contributed by atoms with Crippen LogP contribution in [0.15, 0.2) is 118 Å². The van der Waals surface area contributed by atoms with Crippen LogP contribution in [0.25, 0.3) is 33.0 Å². The maximum absolute atomic E-state index is 14.2. The third-order valence-corrected chi connectivity index (χ3v) is 9.84. The summed E-state index contributed by atoms with van der Waals surface area (Å²) in [7, 11) is -8.49. The molecule has 0 saturated heterocycles. The molecule has 8 nitrogen and oxygen atoms in total. The summed E-state index contributed by atoms with van der Waals surface area (Å²) in [6.07, 6.45) is 1.55. The number of sulfonamides is 1. The summed E-state index contributed by atoms with van der Waals surface area (Å²) in [4.78, 5) is 9.09. The van der Waals surface area contributed by atoms with E-state index in [0.717, 1.165) is 16.3 Å². The van der Waals surface area contributed by atoms with Crippen molar-refractivity contribution in [1.29, 1.82) is 0 Å². The molecule has 0 saturated carbocycles. The van der Waals surface area contributed by atoms with Gasteiger partial charge in [-0.05, 0) is 54.1 Å². The standard InChI is InChI=1S/C30H24N4O4S2/c1-3-18-34-29-27(31-25-10-6-7-11-26(25)32-29)28(39(35,36)23-15-12-20(2)13-16-23)30(34)33-40(37,38)24-17-14-21-8-4-5-9-22(21)19-24/h3-17,19,33H,1,18H2,2H3. The summed E-state index contributed by atoms with van der Waals surface area (Å²) in [6.45, 7) is 5.74. The van der Waals surface area contributed by atoms with E-state index in [0.29, 0.717) is 11.0 Å². The molecule has 40 heavy (non-hydrogen) atoms. The van der Waals surface area contributed by atoms with Gasteiger partial charge in [-0.15, -0.1) is 6.58 Å². The van der Waals surface area contributed by atoms with Gasteiger partial charge in [-0.25, -0.2) is 26.8 Å². The first-order valence-electron chi connectivity index (χ1n) is 12.4. The lowest BCUT2D eigenvalue weighted by molar-refractivity contribution is 0.596. The fraction of sp³-hybridized carbons (Fsp3) is 0.0667. The van der Waals surface area contributed by atoms with Crippen LogP contribution in [0, 0.1) is 6.92 Å². The zero-order chi connectivity index (χ0) is 28.1. The van der Waals surface area contributed by atoms with Gasteiger partial charge in [0.15, 0.2) is 5.65 Å². The number of nitrogens with one attached hydrogen (secondary N) is 1. The first-order chi connectivity index (χ1) is 19.2. The van der Waals surface area contributed by atoms with Crippen molar-refractivity contribution in [3.63, 3.8) is 0 Å². The van der Waals surface area contributed by atoms with Crippen molar-refractivity contribution in [2.24, 2.45) is 0 Å². The Labute approximate surface area is 231 Å². The van der Waals surface area contributed by atoms with Crippen molar-refractivity contribution in [3.8, 4) is 0 Å². The van der Waals surface area contributed by atoms with Gasteiger partial charge in [0.25, 0.3) is 10.0 Å². The molecule has 0 bridgehead atoms. The van der Waals surface area contributed by atoms with Gasteiger partial charge in [-0.2, -0.15) is 0 Å². The van der Waals surface area contributed by atoms with Gasteiger partial charge >= 0.3 is 0 Å². The lowest BCUT2D eigenvalue weighted by atomic mass is 10.1. The first-order valence-corrected chi connectivity index (χ1v) is 15.4. The molecule has 0 atom stereocenters. The number of fused-ring (bicyclic) bond motifs is 3. The number of hydrogen-bond acceptors (Lipinski definition) is 6. The minimum atomic E-state index is -4.25. The highest BCUT2D eigenvalue weighted by atomic mass is 32.2. The van der Waals surface area contributed by atoms with Crippen molar-refractivity contribution < 1.29 is 16.8 Å². The maximum atomic E-state index is 14.2. The summed E-state index contributed by atoms with van der Waals surface area (Å²) in [5, 5.41) is 1.61. The van der Waals surface area contributed by atoms with Crippen LogP contribution in [-0.4, -0.2) is 31.4 Å². The van der Waals surface area contributed by atoms with Crippen LogP contribution >= 0.6 is 0 Å². The first kappa shape index (κ1) is 25.7. The number of hydrogen-bond donors (Lipinski definition) is 1. The smallest absolute Gasteiger partial charge is 0.263 e. The Bertz CT molecular complexity index is 2170. The predicted molar refractivity (Wildman–Crippen MR) is 157 cm³/mol. The van der Waals surface area contributed by atoms with Crippen molar-refractivity contribution in [2.45, 2.75) is 28.2 Å². The number of rotatable bonds is 7. The van der Waals surface area contributed by atoms with Crippen LogP contribution in [0.5, 0.6) is 0 Å². The Kier molecular flexibility index (Phi) is 6.16. The fourth-order valence-electron chi connectivity index (χ4n) is 4.69. The molecule has 0 aliphatic heterocycles. The van der Waals surface area contributed by atoms with Gasteiger partial charge < -0.3 is 4.57 Å². The molecule has 0 aliphatic rings. The summed E-state index contributed by atoms with van der Waals surface area (Å²) in [5.41, 5.74) is 2.20. The maximum Gasteiger partial charge on any atom is 0.263 e. The van der Waals surface area contributed by atoms with Gasteiger partial charge in [0.1, 0.15) is 16.2 Å². The SMILES string of the molecule is C=CCn1c(NS(=O)(=O)c2ccc3ccccc3c2)c(S(=O)(=O)c2ccc(C)cc2)c2nc3ccccc3nc21. The Morgan fingerprint density at radius 2 is 1.43 bits per heavy atom. The van der Waals surface area contributed by atoms with Gasteiger partial charge in [-0.1, -0.05) is 66.2 Å². The molecule has 0 radical (unpaired) electrons. The van der Waals surface area contributed by atoms with Crippen LogP contribution in [-0.2, 0) is 26.4 Å². The quantitative estimate of drug-likeness (QED) is 0.241. The molecule has 1 N–H and O–H groups in total. The highest BCUT2D eigenvalue weighted by molar-refractivity contribution is 7.93. The summed E-state index contributed by atoms with van der Waals surface area (Å²) in [5.74, 6) is -0.154. The van der Waals surface area contributed by atoms with E-state index in [-0.39, 0.29) is 38.2 Å². The molecule has 0 spiro atoms. The highest BCUT2D eigenvalue weighted by Crippen LogP contribution is 2.38. The van der Waals surface area contributed by atoms with Gasteiger partial charge in [0.2, 0.25) is 9.84 Å². The van der Waals surface area contributed by atoms with Crippen LogP contribution in [0.1, 0.15) is 5.56 Å². The van der Waals surface area contributed by atoms with Gasteiger partial charge in [0, 0.05) is 6.54 Å². The van der Waals surface area contributed by atoms with Crippen LogP contribution < -0.4 is 4.72 Å². The summed E-state index contributed by atoms with van der Waals surface area (Å²) < 4.78 is 60.0. The molecule has 6 aromatic rings. The molecule has 0 fully saturated rings. The molecule has 2 heterocycles. The zero-order valence-corrected chi connectivity index (χ0v) is 23.1. The fourth-order valence-corrected chi connectivity index (χ4v) is 7.41. The number of benzene rings is 4. The number of aromatic nitrogens is 3. The van der Waals surface area contributed by atoms with Gasteiger partial charge in [-0.3, -0.25) is 4.72 Å². The number of para-hydroxylation sites is 2. The normalized spacial score (nSPS) is 12.2. The number of allylic oxidation sites excluding steroid dienone is 1. The minimum Gasteiger partial charge on any atom is -0.305 e. The van der Waals surface area contributed by atoms with Crippen molar-refractivity contribution >= 4 is 58.6 Å². The molecular weight excluding hydrogens is 544 g/mol. The third kappa shape index (κ3) is 4.31. The van der Waals surface area contributed by atoms with E-state index >= 15 is 0 Å². The van der Waals surface area contributed by atoms with Crippen LogP contribution in [0.2, 0.25) is 0 Å². The zero-order valence-electron chi connectivity index (χ0n) is 21.4.